The minimum Gasteiger partial charge on any atom is -0.495 e. The molecule has 1 fully saturated rings. The third kappa shape index (κ3) is 6.62. The van der Waals surface area contributed by atoms with E-state index < -0.39 is 15.3 Å². The van der Waals surface area contributed by atoms with E-state index in [2.05, 4.69) is 27.8 Å². The second-order valence-corrected chi connectivity index (χ2v) is 9.78. The number of morpholine rings is 1. The fraction of sp³-hybridized carbons (Fsp3) is 0.348. The Hall–Kier alpha value is -3.24. The fourth-order valence-corrected chi connectivity index (χ4v) is 3.76. The Morgan fingerprint density at radius 1 is 1.33 bits per heavy atom. The molecule has 0 bridgehead atoms. The average Bonchev–Trinajstić information content (AvgIpc) is 2.80. The van der Waals surface area contributed by atoms with Crippen LogP contribution >= 0.6 is 0 Å². The number of nitrogen functional groups attached to an aromatic ring is 1. The molecule has 33 heavy (non-hydrogen) atoms. The van der Waals surface area contributed by atoms with Crippen molar-refractivity contribution in [1.82, 2.24) is 9.62 Å². The van der Waals surface area contributed by atoms with Crippen molar-refractivity contribution in [2.24, 2.45) is 10.7 Å². The summed E-state index contributed by atoms with van der Waals surface area (Å²) in [6.45, 7) is 13.2. The molecular formula is C23H33N5O4S. The molecule has 0 atom stereocenters. The van der Waals surface area contributed by atoms with E-state index in [4.69, 9.17) is 20.9 Å². The lowest BCUT2D eigenvalue weighted by atomic mass is 10.00. The van der Waals surface area contributed by atoms with E-state index in [9.17, 15) is 8.42 Å². The molecule has 2 rings (SSSR count). The first kappa shape index (κ1) is 26.0. The van der Waals surface area contributed by atoms with Crippen molar-refractivity contribution < 1.29 is 17.9 Å². The summed E-state index contributed by atoms with van der Waals surface area (Å²) in [5, 5.41) is -0.648. The van der Waals surface area contributed by atoms with Crippen LogP contribution in [-0.2, 0) is 19.5 Å². The lowest BCUT2D eigenvalue weighted by Crippen LogP contribution is -2.41. The predicted molar refractivity (Wildman–Crippen MR) is 134 cm³/mol. The monoisotopic (exact) mass is 475 g/mol. The van der Waals surface area contributed by atoms with E-state index in [1.54, 1.807) is 32.1 Å². The number of aliphatic imine (C=N–C) groups is 1. The van der Waals surface area contributed by atoms with Crippen LogP contribution in [-0.4, -0.2) is 57.8 Å². The van der Waals surface area contributed by atoms with E-state index in [0.29, 0.717) is 54.5 Å². The number of nitrogens with zero attached hydrogens (tertiary/aromatic N) is 2. The molecule has 1 aliphatic rings. The Bertz CT molecular complexity index is 1070. The zero-order valence-corrected chi connectivity index (χ0v) is 20.2. The lowest BCUT2D eigenvalue weighted by Gasteiger charge is -2.30. The Morgan fingerprint density at radius 3 is 2.55 bits per heavy atom. The first-order chi connectivity index (χ1) is 15.6. The second-order valence-electron chi connectivity index (χ2n) is 7.54. The first-order valence-electron chi connectivity index (χ1n) is 10.4. The molecule has 1 aliphatic heterocycles. The van der Waals surface area contributed by atoms with Crippen molar-refractivity contribution in [2.45, 2.75) is 19.1 Å². The molecule has 10 heteroatoms. The lowest BCUT2D eigenvalue weighted by molar-refractivity contribution is 0.0683. The quantitative estimate of drug-likeness (QED) is 0.164. The minimum absolute atomic E-state index is 0.150. The molecule has 1 saturated heterocycles. The molecule has 1 aromatic carbocycles. The molecule has 0 radical (unpaired) electrons. The van der Waals surface area contributed by atoms with Gasteiger partial charge in [-0.2, -0.15) is 0 Å². The average molecular weight is 476 g/mol. The van der Waals surface area contributed by atoms with Crippen LogP contribution in [0.15, 0.2) is 66.3 Å². The number of anilines is 1. The number of amidine groups is 1. The molecule has 0 saturated carbocycles. The highest BCUT2D eigenvalue weighted by Crippen LogP contribution is 2.25. The zero-order chi connectivity index (χ0) is 24.6. The van der Waals surface area contributed by atoms with Gasteiger partial charge in [-0.05, 0) is 43.2 Å². The first-order valence-corrected chi connectivity index (χ1v) is 12.0. The summed E-state index contributed by atoms with van der Waals surface area (Å²) in [5.41, 5.74) is 14.9. The van der Waals surface area contributed by atoms with Crippen LogP contribution in [0.1, 0.15) is 25.0 Å². The number of nitrogens with two attached hydrogens (primary N) is 2. The van der Waals surface area contributed by atoms with Gasteiger partial charge in [0.15, 0.2) is 0 Å². The molecule has 0 aliphatic carbocycles. The Morgan fingerprint density at radius 2 is 2.00 bits per heavy atom. The van der Waals surface area contributed by atoms with Crippen LogP contribution in [0.3, 0.4) is 0 Å². The SMILES string of the molecule is C=CN=C(c1cc(C(/C=C(/NS(=O)(=O)C(C)C)C(=C)OC)=C/N)ccc1N)N1CCOCC1. The summed E-state index contributed by atoms with van der Waals surface area (Å²) in [6, 6.07) is 5.40. The van der Waals surface area contributed by atoms with Gasteiger partial charge >= 0.3 is 0 Å². The third-order valence-electron chi connectivity index (χ3n) is 5.05. The van der Waals surface area contributed by atoms with E-state index in [1.165, 1.54) is 19.5 Å². The maximum absolute atomic E-state index is 12.4. The highest BCUT2D eigenvalue weighted by Gasteiger charge is 2.21. The number of sulfonamides is 1. The Labute approximate surface area is 196 Å². The van der Waals surface area contributed by atoms with Crippen molar-refractivity contribution in [3.8, 4) is 0 Å². The van der Waals surface area contributed by atoms with Crippen molar-refractivity contribution >= 4 is 27.1 Å². The summed E-state index contributed by atoms with van der Waals surface area (Å²) in [6.07, 6.45) is 4.42. The van der Waals surface area contributed by atoms with Crippen LogP contribution in [0, 0.1) is 0 Å². The van der Waals surface area contributed by atoms with Gasteiger partial charge in [0.1, 0.15) is 11.6 Å². The van der Waals surface area contributed by atoms with Crippen molar-refractivity contribution in [3.05, 3.63) is 72.4 Å². The van der Waals surface area contributed by atoms with E-state index in [0.717, 1.165) is 0 Å². The van der Waals surface area contributed by atoms with Crippen LogP contribution in [0.4, 0.5) is 5.69 Å². The molecule has 5 N–H and O–H groups in total. The zero-order valence-electron chi connectivity index (χ0n) is 19.4. The van der Waals surface area contributed by atoms with Crippen molar-refractivity contribution in [3.63, 3.8) is 0 Å². The van der Waals surface area contributed by atoms with E-state index in [-0.39, 0.29) is 11.5 Å². The van der Waals surface area contributed by atoms with Gasteiger partial charge in [-0.15, -0.1) is 0 Å². The summed E-state index contributed by atoms with van der Waals surface area (Å²) in [7, 11) is -2.22. The standard InChI is InChI=1S/C23H33N5O4S/c1-6-26-23(28-9-11-32-12-10-28)20-13-18(7-8-21(20)25)19(15-24)14-22(17(4)31-5)27-33(29,30)16(2)3/h6-8,13-16,27H,1,4,9-12,24-25H2,2-3,5H3/b19-15+,22-14+,26-23?. The molecular weight excluding hydrogens is 442 g/mol. The molecule has 180 valence electrons. The van der Waals surface area contributed by atoms with Crippen LogP contribution in [0.25, 0.3) is 5.57 Å². The van der Waals surface area contributed by atoms with Gasteiger partial charge in [-0.25, -0.2) is 13.4 Å². The molecule has 0 amide bonds. The summed E-state index contributed by atoms with van der Waals surface area (Å²) < 4.78 is 38.0. The Balaban J connectivity index is 2.53. The van der Waals surface area contributed by atoms with Gasteiger partial charge in [-0.3, -0.25) is 4.72 Å². The maximum Gasteiger partial charge on any atom is 0.235 e. The van der Waals surface area contributed by atoms with Crippen molar-refractivity contribution in [1.29, 1.82) is 0 Å². The highest BCUT2D eigenvalue weighted by molar-refractivity contribution is 7.90. The van der Waals surface area contributed by atoms with Gasteiger partial charge in [-0.1, -0.05) is 19.2 Å². The van der Waals surface area contributed by atoms with Gasteiger partial charge < -0.3 is 25.8 Å². The predicted octanol–water partition coefficient (Wildman–Crippen LogP) is 2.16. The fourth-order valence-electron chi connectivity index (χ4n) is 3.04. The second kappa shape index (κ2) is 11.6. The highest BCUT2D eigenvalue weighted by atomic mass is 32.2. The van der Waals surface area contributed by atoms with E-state index in [1.807, 2.05) is 6.07 Å². The molecule has 1 aromatic rings. The van der Waals surface area contributed by atoms with Crippen LogP contribution in [0.5, 0.6) is 0 Å². The number of hydrogen-bond donors (Lipinski definition) is 3. The van der Waals surface area contributed by atoms with Crippen LogP contribution in [0.2, 0.25) is 0 Å². The third-order valence-corrected chi connectivity index (χ3v) is 6.80. The largest absolute Gasteiger partial charge is 0.495 e. The summed E-state index contributed by atoms with van der Waals surface area (Å²) in [4.78, 5) is 6.54. The van der Waals surface area contributed by atoms with Crippen molar-refractivity contribution in [2.75, 3.05) is 39.1 Å². The number of ether oxygens (including phenoxy) is 2. The van der Waals surface area contributed by atoms with Gasteiger partial charge in [0, 0.05) is 36.7 Å². The normalized spacial score (nSPS) is 16.0. The van der Waals surface area contributed by atoms with Gasteiger partial charge in [0.05, 0.1) is 31.3 Å². The maximum atomic E-state index is 12.4. The number of nitrogens with one attached hydrogen (secondary N) is 1. The molecule has 9 nitrogen and oxygen atoms in total. The van der Waals surface area contributed by atoms with Crippen LogP contribution < -0.4 is 16.2 Å². The summed E-state index contributed by atoms with van der Waals surface area (Å²) in [5.74, 6) is 0.825. The molecule has 0 aromatic heterocycles. The van der Waals surface area contributed by atoms with Gasteiger partial charge in [0.25, 0.3) is 0 Å². The number of benzene rings is 1. The minimum atomic E-state index is -3.63. The summed E-state index contributed by atoms with van der Waals surface area (Å²) >= 11 is 0. The molecule has 0 spiro atoms. The smallest absolute Gasteiger partial charge is 0.235 e. The Kier molecular flexibility index (Phi) is 9.12. The number of hydrogen-bond acceptors (Lipinski definition) is 7. The topological polar surface area (TPSA) is 132 Å². The number of allylic oxidation sites excluding steroid dienone is 2. The number of methoxy groups -OCH3 is 1. The number of rotatable bonds is 9. The molecule has 1 heterocycles. The van der Waals surface area contributed by atoms with Gasteiger partial charge in [0.2, 0.25) is 10.0 Å². The van der Waals surface area contributed by atoms with E-state index >= 15 is 0 Å². The molecule has 0 unspecified atom stereocenters.